The number of rotatable bonds is 8. The number of aromatic nitrogens is 2. The molecule has 9 nitrogen and oxygen atoms in total. The van der Waals surface area contributed by atoms with Crippen molar-refractivity contribution in [3.63, 3.8) is 0 Å². The molecule has 38 heavy (non-hydrogen) atoms. The second kappa shape index (κ2) is 11.4. The van der Waals surface area contributed by atoms with Gasteiger partial charge >= 0.3 is 0 Å². The van der Waals surface area contributed by atoms with E-state index in [1.54, 1.807) is 12.1 Å². The molecule has 0 aliphatic carbocycles. The van der Waals surface area contributed by atoms with Crippen molar-refractivity contribution < 1.29 is 23.7 Å². The van der Waals surface area contributed by atoms with E-state index in [4.69, 9.17) is 35.3 Å². The predicted molar refractivity (Wildman–Crippen MR) is 145 cm³/mol. The van der Waals surface area contributed by atoms with Crippen LogP contribution < -0.4 is 24.3 Å². The number of nitrogens with one attached hydrogen (secondary N) is 1. The second-order valence-electron chi connectivity index (χ2n) is 10.1. The van der Waals surface area contributed by atoms with Crippen LogP contribution in [-0.2, 0) is 4.74 Å². The molecule has 1 N–H and O–H groups in total. The van der Waals surface area contributed by atoms with Crippen LogP contribution in [0.5, 0.6) is 23.0 Å². The Balaban J connectivity index is 1.29. The highest BCUT2D eigenvalue weighted by molar-refractivity contribution is 6.34. The summed E-state index contributed by atoms with van der Waals surface area (Å²) in [4.78, 5) is 11.5. The second-order valence-corrected chi connectivity index (χ2v) is 10.5. The SMILES string of the molecule is CN1CCC(CCOc2cc(OC3CCOCC3)c3c(Nc4c(Cl)ccc5c4OCO5)ncnc3c2)CC1. The fourth-order valence-electron chi connectivity index (χ4n) is 5.25. The van der Waals surface area contributed by atoms with Crippen molar-refractivity contribution in [1.82, 2.24) is 14.9 Å². The van der Waals surface area contributed by atoms with Crippen LogP contribution >= 0.6 is 11.6 Å². The molecule has 2 fully saturated rings. The third kappa shape index (κ3) is 5.55. The number of likely N-dealkylation sites (tertiary alicyclic amines) is 1. The summed E-state index contributed by atoms with van der Waals surface area (Å²) in [5.74, 6) is 3.88. The lowest BCUT2D eigenvalue weighted by molar-refractivity contribution is 0.0261. The van der Waals surface area contributed by atoms with Gasteiger partial charge in [0.15, 0.2) is 11.5 Å². The molecule has 1 aromatic heterocycles. The van der Waals surface area contributed by atoms with Gasteiger partial charge in [-0.3, -0.25) is 0 Å². The van der Waals surface area contributed by atoms with E-state index >= 15 is 0 Å². The Bertz CT molecular complexity index is 1280. The van der Waals surface area contributed by atoms with Gasteiger partial charge in [0.05, 0.1) is 35.7 Å². The van der Waals surface area contributed by atoms with Gasteiger partial charge in [-0.25, -0.2) is 9.97 Å². The first-order valence-electron chi connectivity index (χ1n) is 13.3. The van der Waals surface area contributed by atoms with E-state index in [1.807, 2.05) is 12.1 Å². The van der Waals surface area contributed by atoms with Gasteiger partial charge in [-0.05, 0) is 57.5 Å². The van der Waals surface area contributed by atoms with Crippen molar-refractivity contribution in [2.45, 2.75) is 38.2 Å². The van der Waals surface area contributed by atoms with Gasteiger partial charge in [0.2, 0.25) is 6.79 Å². The zero-order valence-corrected chi connectivity index (χ0v) is 22.3. The van der Waals surface area contributed by atoms with Gasteiger partial charge in [-0.1, -0.05) is 11.6 Å². The van der Waals surface area contributed by atoms with E-state index in [0.717, 1.165) is 49.0 Å². The average Bonchev–Trinajstić information content (AvgIpc) is 3.41. The molecule has 0 unspecified atom stereocenters. The lowest BCUT2D eigenvalue weighted by Crippen LogP contribution is -2.30. The van der Waals surface area contributed by atoms with Crippen molar-refractivity contribution >= 4 is 34.0 Å². The Kier molecular flexibility index (Phi) is 7.58. The summed E-state index contributed by atoms with van der Waals surface area (Å²) >= 11 is 6.55. The van der Waals surface area contributed by atoms with Crippen molar-refractivity contribution in [3.05, 3.63) is 35.6 Å². The van der Waals surface area contributed by atoms with Crippen molar-refractivity contribution in [1.29, 1.82) is 0 Å². The highest BCUT2D eigenvalue weighted by atomic mass is 35.5. The van der Waals surface area contributed by atoms with Gasteiger partial charge in [-0.2, -0.15) is 0 Å². The Hall–Kier alpha value is -3.01. The molecule has 3 aliphatic heterocycles. The molecule has 6 rings (SSSR count). The summed E-state index contributed by atoms with van der Waals surface area (Å²) in [7, 11) is 2.19. The molecule has 2 saturated heterocycles. The van der Waals surface area contributed by atoms with Gasteiger partial charge < -0.3 is 33.9 Å². The summed E-state index contributed by atoms with van der Waals surface area (Å²) in [6.45, 7) is 4.48. The summed E-state index contributed by atoms with van der Waals surface area (Å²) in [6.07, 6.45) is 6.69. The molecule has 10 heteroatoms. The largest absolute Gasteiger partial charge is 0.493 e. The highest BCUT2D eigenvalue weighted by Gasteiger charge is 2.24. The molecule has 0 saturated carbocycles. The maximum absolute atomic E-state index is 6.55. The fraction of sp³-hybridized carbons (Fsp3) is 0.500. The lowest BCUT2D eigenvalue weighted by Gasteiger charge is -2.28. The number of nitrogens with zero attached hydrogens (tertiary/aromatic N) is 3. The first-order valence-corrected chi connectivity index (χ1v) is 13.7. The minimum Gasteiger partial charge on any atom is -0.493 e. The van der Waals surface area contributed by atoms with Crippen molar-refractivity contribution in [3.8, 4) is 23.0 Å². The van der Waals surface area contributed by atoms with E-state index in [9.17, 15) is 0 Å². The van der Waals surface area contributed by atoms with Crippen LogP contribution in [0.4, 0.5) is 11.5 Å². The Morgan fingerprint density at radius 2 is 1.92 bits per heavy atom. The third-order valence-corrected chi connectivity index (χ3v) is 7.82. The lowest BCUT2D eigenvalue weighted by atomic mass is 9.94. The normalized spacial score (nSPS) is 18.6. The summed E-state index contributed by atoms with van der Waals surface area (Å²) in [5, 5.41) is 4.63. The fourth-order valence-corrected chi connectivity index (χ4v) is 5.45. The number of ether oxygens (including phenoxy) is 5. The molecular formula is C28H33ClN4O5. The Labute approximate surface area is 227 Å². The maximum Gasteiger partial charge on any atom is 0.231 e. The zero-order valence-electron chi connectivity index (χ0n) is 21.6. The molecule has 202 valence electrons. The summed E-state index contributed by atoms with van der Waals surface area (Å²) in [6, 6.07) is 7.47. The number of hydrogen-bond acceptors (Lipinski definition) is 9. The Morgan fingerprint density at radius 1 is 1.08 bits per heavy atom. The van der Waals surface area contributed by atoms with Crippen LogP contribution in [0.25, 0.3) is 10.9 Å². The van der Waals surface area contributed by atoms with Gasteiger partial charge in [0, 0.05) is 25.0 Å². The van der Waals surface area contributed by atoms with Gasteiger partial charge in [-0.15, -0.1) is 0 Å². The van der Waals surface area contributed by atoms with Crippen LogP contribution in [0.3, 0.4) is 0 Å². The van der Waals surface area contributed by atoms with E-state index in [-0.39, 0.29) is 12.9 Å². The molecule has 2 aromatic carbocycles. The van der Waals surface area contributed by atoms with Crippen LogP contribution in [0.1, 0.15) is 32.1 Å². The molecule has 3 aromatic rings. The quantitative estimate of drug-likeness (QED) is 0.402. The number of piperidine rings is 1. The minimum atomic E-state index is 0.0378. The third-order valence-electron chi connectivity index (χ3n) is 7.50. The van der Waals surface area contributed by atoms with E-state index in [1.165, 1.54) is 19.2 Å². The average molecular weight is 541 g/mol. The first-order chi connectivity index (χ1) is 18.6. The van der Waals surface area contributed by atoms with Crippen LogP contribution in [0.2, 0.25) is 5.02 Å². The minimum absolute atomic E-state index is 0.0378. The standard InChI is InChI=1S/C28H33ClN4O5/c1-33-9-4-18(5-10-33)6-13-35-20-14-22-25(24(15-20)38-19-7-11-34-12-8-19)28(31-16-30-22)32-26-21(29)2-3-23-27(26)37-17-36-23/h2-3,14-16,18-19H,4-13,17H2,1H3,(H,30,31,32). The number of hydrogen-bond donors (Lipinski definition) is 1. The molecule has 0 spiro atoms. The van der Waals surface area contributed by atoms with E-state index < -0.39 is 0 Å². The van der Waals surface area contributed by atoms with Crippen molar-refractivity contribution in [2.24, 2.45) is 5.92 Å². The molecule has 4 heterocycles. The number of benzene rings is 2. The Morgan fingerprint density at radius 3 is 2.76 bits per heavy atom. The van der Waals surface area contributed by atoms with Crippen LogP contribution in [0, 0.1) is 5.92 Å². The molecular weight excluding hydrogens is 508 g/mol. The molecule has 3 aliphatic rings. The molecule has 0 atom stereocenters. The number of halogens is 1. The van der Waals surface area contributed by atoms with Gasteiger partial charge in [0.1, 0.15) is 35.4 Å². The van der Waals surface area contributed by atoms with Crippen LogP contribution in [-0.4, -0.2) is 67.7 Å². The topological polar surface area (TPSA) is 87.2 Å². The molecule has 0 amide bonds. The van der Waals surface area contributed by atoms with Gasteiger partial charge in [0.25, 0.3) is 0 Å². The van der Waals surface area contributed by atoms with Crippen LogP contribution in [0.15, 0.2) is 30.6 Å². The first kappa shape index (κ1) is 25.3. The summed E-state index contributed by atoms with van der Waals surface area (Å²) in [5.41, 5.74) is 1.32. The maximum atomic E-state index is 6.55. The monoisotopic (exact) mass is 540 g/mol. The number of fused-ring (bicyclic) bond motifs is 2. The molecule has 0 bridgehead atoms. The molecule has 0 radical (unpaired) electrons. The van der Waals surface area contributed by atoms with E-state index in [2.05, 4.69) is 27.2 Å². The van der Waals surface area contributed by atoms with Crippen molar-refractivity contribution in [2.75, 3.05) is 52.1 Å². The smallest absolute Gasteiger partial charge is 0.231 e. The highest BCUT2D eigenvalue weighted by Crippen LogP contribution is 2.46. The predicted octanol–water partition coefficient (Wildman–Crippen LogP) is 5.42. The zero-order chi connectivity index (χ0) is 25.9. The van der Waals surface area contributed by atoms with E-state index in [0.29, 0.717) is 59.5 Å². The summed E-state index contributed by atoms with van der Waals surface area (Å²) < 4.78 is 29.6. The number of anilines is 2.